The SMILES string of the molecule is CCCCCCCCCCCCCCCCC[n+]1ccn(CCCCCCCCCCCC)c1CCCCCCCCCCCCCCC. The Balaban J connectivity index is 2.26. The fraction of sp³-hybridized carbons (Fsp3) is 0.936. The maximum atomic E-state index is 2.65. The summed E-state index contributed by atoms with van der Waals surface area (Å²) in [5.74, 6) is 1.63. The molecule has 1 heterocycles. The number of rotatable bonds is 41. The minimum atomic E-state index is 1.23. The highest BCUT2D eigenvalue weighted by Crippen LogP contribution is 2.16. The molecular weight excluding hydrogens is 593 g/mol. The molecule has 0 aromatic carbocycles. The van der Waals surface area contributed by atoms with Gasteiger partial charge in [-0.15, -0.1) is 0 Å². The van der Waals surface area contributed by atoms with Crippen molar-refractivity contribution in [3.8, 4) is 0 Å². The Morgan fingerprint density at radius 1 is 0.347 bits per heavy atom. The largest absolute Gasteiger partial charge is 0.256 e. The van der Waals surface area contributed by atoms with Crippen molar-refractivity contribution >= 4 is 0 Å². The normalized spacial score (nSPS) is 11.7. The lowest BCUT2D eigenvalue weighted by atomic mass is 10.0. The molecule has 0 aliphatic carbocycles. The maximum Gasteiger partial charge on any atom is 0.256 e. The van der Waals surface area contributed by atoms with Gasteiger partial charge in [0.2, 0.25) is 0 Å². The van der Waals surface area contributed by atoms with Crippen molar-refractivity contribution in [2.24, 2.45) is 0 Å². The van der Waals surface area contributed by atoms with Crippen molar-refractivity contribution in [3.63, 3.8) is 0 Å². The fourth-order valence-corrected chi connectivity index (χ4v) is 7.92. The third kappa shape index (κ3) is 30.5. The highest BCUT2D eigenvalue weighted by Gasteiger charge is 2.16. The van der Waals surface area contributed by atoms with Gasteiger partial charge < -0.3 is 0 Å². The third-order valence-electron chi connectivity index (χ3n) is 11.3. The van der Waals surface area contributed by atoms with Crippen LogP contribution >= 0.6 is 0 Å². The van der Waals surface area contributed by atoms with E-state index in [-0.39, 0.29) is 0 Å². The van der Waals surface area contributed by atoms with Gasteiger partial charge in [0.15, 0.2) is 0 Å². The van der Waals surface area contributed by atoms with Gasteiger partial charge in [-0.1, -0.05) is 233 Å². The Kier molecular flexibility index (Phi) is 36.3. The molecule has 1 rings (SSSR count). The number of imidazole rings is 1. The number of aryl methyl sites for hydroxylation is 2. The van der Waals surface area contributed by atoms with E-state index in [2.05, 4.69) is 42.3 Å². The zero-order chi connectivity index (χ0) is 35.1. The molecule has 0 atom stereocenters. The molecular formula is C47H93N2+. The van der Waals surface area contributed by atoms with E-state index < -0.39 is 0 Å². The molecule has 2 heteroatoms. The first-order chi connectivity index (χ1) is 24.3. The minimum Gasteiger partial charge on any atom is -0.234 e. The van der Waals surface area contributed by atoms with E-state index in [0.29, 0.717) is 0 Å². The van der Waals surface area contributed by atoms with E-state index in [4.69, 9.17) is 0 Å². The molecule has 0 spiro atoms. The summed E-state index contributed by atoms with van der Waals surface area (Å²) in [6, 6.07) is 0. The van der Waals surface area contributed by atoms with Crippen molar-refractivity contribution < 1.29 is 4.57 Å². The molecule has 1 aromatic heterocycles. The summed E-state index contributed by atoms with van der Waals surface area (Å²) in [5, 5.41) is 0. The van der Waals surface area contributed by atoms with Gasteiger partial charge in [-0.25, -0.2) is 9.13 Å². The van der Waals surface area contributed by atoms with Gasteiger partial charge in [-0.3, -0.25) is 0 Å². The number of nitrogens with zero attached hydrogens (tertiary/aromatic N) is 2. The van der Waals surface area contributed by atoms with Crippen molar-refractivity contribution in [3.05, 3.63) is 18.2 Å². The standard InChI is InChI=1S/C47H93N2/c1-4-7-10-13-16-19-22-24-25-27-29-32-35-38-41-44-49-46-45-48(43-40-37-34-31-21-18-15-12-9-6-3)47(49)42-39-36-33-30-28-26-23-20-17-14-11-8-5-2/h45-46H,4-44H2,1-3H3/q+1. The van der Waals surface area contributed by atoms with Gasteiger partial charge in [0, 0.05) is 6.42 Å². The first-order valence-corrected chi connectivity index (χ1v) is 23.4. The molecule has 0 bridgehead atoms. The molecule has 1 aromatic rings. The Morgan fingerprint density at radius 3 is 0.980 bits per heavy atom. The molecule has 0 aliphatic rings. The van der Waals surface area contributed by atoms with Gasteiger partial charge in [0.1, 0.15) is 12.4 Å². The topological polar surface area (TPSA) is 8.81 Å². The van der Waals surface area contributed by atoms with Crippen molar-refractivity contribution in [2.45, 2.75) is 284 Å². The molecule has 0 unspecified atom stereocenters. The van der Waals surface area contributed by atoms with Crippen molar-refractivity contribution in [1.82, 2.24) is 4.57 Å². The zero-order valence-electron chi connectivity index (χ0n) is 34.5. The van der Waals surface area contributed by atoms with Crippen LogP contribution in [0, 0.1) is 0 Å². The van der Waals surface area contributed by atoms with Gasteiger partial charge in [-0.05, 0) is 32.1 Å². The van der Waals surface area contributed by atoms with E-state index in [1.807, 2.05) is 0 Å². The van der Waals surface area contributed by atoms with Crippen LogP contribution < -0.4 is 4.57 Å². The Labute approximate surface area is 310 Å². The molecule has 0 radical (unpaired) electrons. The third-order valence-corrected chi connectivity index (χ3v) is 11.3. The average Bonchev–Trinajstić information content (AvgIpc) is 3.50. The highest BCUT2D eigenvalue weighted by atomic mass is 15.1. The van der Waals surface area contributed by atoms with Gasteiger partial charge in [0.05, 0.1) is 13.1 Å². The fourth-order valence-electron chi connectivity index (χ4n) is 7.92. The predicted octanol–water partition coefficient (Wildman–Crippen LogP) is 16.2. The van der Waals surface area contributed by atoms with Crippen LogP contribution in [0.4, 0.5) is 0 Å². The molecule has 0 fully saturated rings. The monoisotopic (exact) mass is 686 g/mol. The highest BCUT2D eigenvalue weighted by molar-refractivity contribution is 4.84. The minimum absolute atomic E-state index is 1.23. The summed E-state index contributed by atoms with van der Waals surface area (Å²) >= 11 is 0. The molecule has 0 saturated heterocycles. The number of hydrogen-bond acceptors (Lipinski definition) is 0. The lowest BCUT2D eigenvalue weighted by molar-refractivity contribution is -0.704. The first-order valence-electron chi connectivity index (χ1n) is 23.4. The average molecular weight is 686 g/mol. The van der Waals surface area contributed by atoms with Crippen LogP contribution in [-0.2, 0) is 19.5 Å². The smallest absolute Gasteiger partial charge is 0.234 e. The second-order valence-electron chi connectivity index (χ2n) is 16.2. The van der Waals surface area contributed by atoms with Crippen molar-refractivity contribution in [2.75, 3.05) is 0 Å². The molecule has 0 saturated carbocycles. The summed E-state index contributed by atoms with van der Waals surface area (Å²) < 4.78 is 5.30. The quantitative estimate of drug-likeness (QED) is 0.0479. The van der Waals surface area contributed by atoms with Crippen LogP contribution in [0.25, 0.3) is 0 Å². The molecule has 0 amide bonds. The summed E-state index contributed by atoms with van der Waals surface area (Å²) in [5.41, 5.74) is 0. The van der Waals surface area contributed by atoms with E-state index in [9.17, 15) is 0 Å². The Hall–Kier alpha value is -0.790. The number of hydrogen-bond donors (Lipinski definition) is 0. The summed E-state index contributed by atoms with van der Waals surface area (Å²) in [6.07, 6.45) is 60.8. The lowest BCUT2D eigenvalue weighted by Gasteiger charge is -2.07. The summed E-state index contributed by atoms with van der Waals surface area (Å²) in [4.78, 5) is 0. The Morgan fingerprint density at radius 2 is 0.633 bits per heavy atom. The van der Waals surface area contributed by atoms with Crippen LogP contribution in [-0.4, -0.2) is 4.57 Å². The lowest BCUT2D eigenvalue weighted by Crippen LogP contribution is -2.37. The van der Waals surface area contributed by atoms with Crippen LogP contribution in [0.5, 0.6) is 0 Å². The van der Waals surface area contributed by atoms with Crippen molar-refractivity contribution in [1.29, 1.82) is 0 Å². The second-order valence-corrected chi connectivity index (χ2v) is 16.2. The van der Waals surface area contributed by atoms with E-state index >= 15 is 0 Å². The molecule has 49 heavy (non-hydrogen) atoms. The van der Waals surface area contributed by atoms with E-state index in [1.54, 1.807) is 5.82 Å². The number of unbranched alkanes of at least 4 members (excludes halogenated alkanes) is 35. The van der Waals surface area contributed by atoms with Crippen LogP contribution in [0.3, 0.4) is 0 Å². The number of aromatic nitrogens is 2. The van der Waals surface area contributed by atoms with E-state index in [0.717, 1.165) is 0 Å². The second kappa shape index (κ2) is 38.4. The first kappa shape index (κ1) is 46.2. The molecule has 290 valence electrons. The molecule has 0 N–H and O–H groups in total. The Bertz CT molecular complexity index is 751. The summed E-state index contributed by atoms with van der Waals surface area (Å²) in [7, 11) is 0. The van der Waals surface area contributed by atoms with E-state index in [1.165, 1.54) is 264 Å². The van der Waals surface area contributed by atoms with Crippen LogP contribution in [0.1, 0.15) is 271 Å². The predicted molar refractivity (Wildman–Crippen MR) is 221 cm³/mol. The summed E-state index contributed by atoms with van der Waals surface area (Å²) in [6.45, 7) is 9.41. The van der Waals surface area contributed by atoms with Gasteiger partial charge >= 0.3 is 0 Å². The zero-order valence-corrected chi connectivity index (χ0v) is 34.5. The van der Waals surface area contributed by atoms with Gasteiger partial charge in [-0.2, -0.15) is 0 Å². The molecule has 0 aliphatic heterocycles. The molecule has 2 nitrogen and oxygen atoms in total. The maximum absolute atomic E-state index is 2.65. The van der Waals surface area contributed by atoms with Crippen LogP contribution in [0.2, 0.25) is 0 Å². The van der Waals surface area contributed by atoms with Gasteiger partial charge in [0.25, 0.3) is 5.82 Å². The van der Waals surface area contributed by atoms with Crippen LogP contribution in [0.15, 0.2) is 12.4 Å².